The van der Waals surface area contributed by atoms with Crippen LogP contribution in [0.4, 0.5) is 8.78 Å². The first-order chi connectivity index (χ1) is 17.0. The predicted molar refractivity (Wildman–Crippen MR) is 132 cm³/mol. The van der Waals surface area contributed by atoms with Crippen molar-refractivity contribution >= 4 is 16.0 Å². The largest absolute Gasteiger partial charge is 0.489 e. The molecule has 0 spiro atoms. The van der Waals surface area contributed by atoms with E-state index in [1.807, 2.05) is 6.92 Å². The van der Waals surface area contributed by atoms with Crippen molar-refractivity contribution in [2.75, 3.05) is 13.1 Å². The molecule has 0 unspecified atom stereocenters. The summed E-state index contributed by atoms with van der Waals surface area (Å²) in [5, 5.41) is 12.9. The number of rotatable bonds is 9. The second kappa shape index (κ2) is 11.3. The molecule has 2 N–H and O–H groups in total. The van der Waals surface area contributed by atoms with Crippen LogP contribution in [0, 0.1) is 12.8 Å². The first-order valence-electron chi connectivity index (χ1n) is 13.2. The molecule has 1 aliphatic heterocycles. The van der Waals surface area contributed by atoms with Crippen LogP contribution in [0.5, 0.6) is 5.75 Å². The van der Waals surface area contributed by atoms with Crippen molar-refractivity contribution in [2.24, 2.45) is 5.92 Å². The fourth-order valence-corrected chi connectivity index (χ4v) is 7.60. The third-order valence-corrected chi connectivity index (χ3v) is 9.85. The van der Waals surface area contributed by atoms with E-state index in [9.17, 15) is 27.1 Å². The molecule has 3 aliphatic rings. The molecule has 36 heavy (non-hydrogen) atoms. The van der Waals surface area contributed by atoms with Gasteiger partial charge in [-0.15, -0.1) is 0 Å². The number of alkyl halides is 2. The second-order valence-electron chi connectivity index (χ2n) is 10.7. The van der Waals surface area contributed by atoms with E-state index >= 15 is 0 Å². The maximum Gasteiger partial charge on any atom is 0.322 e. The third-order valence-electron chi connectivity index (χ3n) is 7.91. The number of benzene rings is 1. The molecule has 0 amide bonds. The zero-order chi connectivity index (χ0) is 25.9. The summed E-state index contributed by atoms with van der Waals surface area (Å²) in [6.45, 7) is 2.84. The van der Waals surface area contributed by atoms with Gasteiger partial charge in [0.2, 0.25) is 15.9 Å². The van der Waals surface area contributed by atoms with Crippen molar-refractivity contribution in [1.82, 2.24) is 9.62 Å². The third kappa shape index (κ3) is 6.55. The van der Waals surface area contributed by atoms with Gasteiger partial charge in [0.05, 0.1) is 6.10 Å². The SMILES string of the molecule is Cc1ccc(S(=O)(=O)N2CCC[C@H]2C(=O)O)c(O[C@@H]2CCC[C@H](CCNC3CCC(F)(F)CC3)C2)c1. The zero-order valence-corrected chi connectivity index (χ0v) is 21.7. The van der Waals surface area contributed by atoms with Crippen LogP contribution in [0.2, 0.25) is 0 Å². The van der Waals surface area contributed by atoms with E-state index in [-0.39, 0.29) is 42.2 Å². The Morgan fingerprint density at radius 3 is 2.64 bits per heavy atom. The topological polar surface area (TPSA) is 95.9 Å². The Balaban J connectivity index is 1.37. The van der Waals surface area contributed by atoms with Crippen LogP contribution in [0.15, 0.2) is 23.1 Å². The molecule has 0 bridgehead atoms. The van der Waals surface area contributed by atoms with E-state index in [4.69, 9.17) is 4.74 Å². The highest BCUT2D eigenvalue weighted by Gasteiger charge is 2.41. The number of nitrogens with zero attached hydrogens (tertiary/aromatic N) is 1. The average Bonchev–Trinajstić information content (AvgIpc) is 3.32. The molecule has 0 aromatic heterocycles. The van der Waals surface area contributed by atoms with Crippen LogP contribution in [0.25, 0.3) is 0 Å². The summed E-state index contributed by atoms with van der Waals surface area (Å²) >= 11 is 0. The zero-order valence-electron chi connectivity index (χ0n) is 20.9. The summed E-state index contributed by atoms with van der Waals surface area (Å²) in [6, 6.07) is 4.06. The number of nitrogens with one attached hydrogen (secondary N) is 1. The summed E-state index contributed by atoms with van der Waals surface area (Å²) < 4.78 is 61.0. The Bertz CT molecular complexity index is 1030. The molecule has 10 heteroatoms. The van der Waals surface area contributed by atoms with Crippen LogP contribution >= 0.6 is 0 Å². The number of aryl methyl sites for hydroxylation is 1. The Morgan fingerprint density at radius 1 is 1.17 bits per heavy atom. The van der Waals surface area contributed by atoms with Gasteiger partial charge in [0.1, 0.15) is 16.7 Å². The van der Waals surface area contributed by atoms with Gasteiger partial charge < -0.3 is 15.2 Å². The number of carbonyl (C=O) groups is 1. The van der Waals surface area contributed by atoms with E-state index in [1.165, 1.54) is 6.07 Å². The number of halogens is 2. The number of carboxylic acids is 1. The van der Waals surface area contributed by atoms with Gasteiger partial charge in [-0.2, -0.15) is 4.31 Å². The van der Waals surface area contributed by atoms with Crippen molar-refractivity contribution < 1.29 is 31.8 Å². The molecule has 0 radical (unpaired) electrons. The molecule has 3 fully saturated rings. The number of hydrogen-bond acceptors (Lipinski definition) is 5. The molecule has 1 heterocycles. The summed E-state index contributed by atoms with van der Waals surface area (Å²) in [6.07, 6.45) is 6.23. The van der Waals surface area contributed by atoms with Crippen molar-refractivity contribution in [1.29, 1.82) is 0 Å². The molecule has 7 nitrogen and oxygen atoms in total. The standard InChI is InChI=1S/C26H38F2N2O5S/c1-18-7-8-24(36(33,34)30-15-3-6-22(30)25(31)32)23(16-18)35-21-5-2-4-19(17-21)11-14-29-20-9-12-26(27,28)13-10-20/h7-8,16,19-22,29H,2-6,9-15,17H2,1H3,(H,31,32)/t19-,21-,22+/m1/s1. The monoisotopic (exact) mass is 528 g/mol. The van der Waals surface area contributed by atoms with Gasteiger partial charge >= 0.3 is 5.97 Å². The number of hydrogen-bond donors (Lipinski definition) is 2. The van der Waals surface area contributed by atoms with Crippen LogP contribution < -0.4 is 10.1 Å². The highest BCUT2D eigenvalue weighted by molar-refractivity contribution is 7.89. The number of sulfonamides is 1. The van der Waals surface area contributed by atoms with Gasteiger partial charge in [-0.3, -0.25) is 4.79 Å². The molecular weight excluding hydrogens is 490 g/mol. The van der Waals surface area contributed by atoms with Gasteiger partial charge in [-0.1, -0.05) is 12.5 Å². The van der Waals surface area contributed by atoms with Crippen molar-refractivity contribution in [3.63, 3.8) is 0 Å². The van der Waals surface area contributed by atoms with Gasteiger partial charge in [0, 0.05) is 25.4 Å². The smallest absolute Gasteiger partial charge is 0.322 e. The van der Waals surface area contributed by atoms with Crippen molar-refractivity contribution in [2.45, 2.75) is 107 Å². The van der Waals surface area contributed by atoms with Crippen LogP contribution in [-0.4, -0.2) is 61.0 Å². The Kier molecular flexibility index (Phi) is 8.56. The van der Waals surface area contributed by atoms with Crippen molar-refractivity contribution in [3.8, 4) is 5.75 Å². The van der Waals surface area contributed by atoms with E-state index in [1.54, 1.807) is 12.1 Å². The summed E-state index contributed by atoms with van der Waals surface area (Å²) in [4.78, 5) is 11.6. The lowest BCUT2D eigenvalue weighted by Gasteiger charge is -2.32. The first kappa shape index (κ1) is 27.3. The summed E-state index contributed by atoms with van der Waals surface area (Å²) in [5.41, 5.74) is 0.870. The van der Waals surface area contributed by atoms with Crippen LogP contribution in [0.1, 0.15) is 76.2 Å². The van der Waals surface area contributed by atoms with E-state index in [2.05, 4.69) is 5.32 Å². The minimum atomic E-state index is -4.02. The average molecular weight is 529 g/mol. The molecular formula is C26H38F2N2O5S. The van der Waals surface area contributed by atoms with Gasteiger partial charge in [0.25, 0.3) is 0 Å². The summed E-state index contributed by atoms with van der Waals surface area (Å²) in [5.74, 6) is -2.94. The molecule has 1 aromatic rings. The Hall–Kier alpha value is -1.78. The van der Waals surface area contributed by atoms with Gasteiger partial charge in [-0.05, 0) is 88.4 Å². The molecule has 2 aliphatic carbocycles. The maximum absolute atomic E-state index is 13.4. The molecule has 1 saturated heterocycles. The number of ether oxygens (including phenoxy) is 1. The molecule has 1 aromatic carbocycles. The lowest BCUT2D eigenvalue weighted by atomic mass is 9.84. The summed E-state index contributed by atoms with van der Waals surface area (Å²) in [7, 11) is -4.02. The van der Waals surface area contributed by atoms with Gasteiger partial charge in [0.15, 0.2) is 0 Å². The van der Waals surface area contributed by atoms with E-state index in [0.717, 1.165) is 48.5 Å². The highest BCUT2D eigenvalue weighted by Crippen LogP contribution is 2.36. The Morgan fingerprint density at radius 2 is 1.92 bits per heavy atom. The lowest BCUT2D eigenvalue weighted by Crippen LogP contribution is -2.40. The fourth-order valence-electron chi connectivity index (χ4n) is 5.85. The van der Waals surface area contributed by atoms with E-state index in [0.29, 0.717) is 31.6 Å². The quantitative estimate of drug-likeness (QED) is 0.481. The fraction of sp³-hybridized carbons (Fsp3) is 0.731. The Labute approximate surface area is 212 Å². The predicted octanol–water partition coefficient (Wildman–Crippen LogP) is 4.73. The maximum atomic E-state index is 13.4. The molecule has 202 valence electrons. The minimum absolute atomic E-state index is 0.0270. The second-order valence-corrected chi connectivity index (χ2v) is 12.6. The molecule has 2 saturated carbocycles. The minimum Gasteiger partial charge on any atom is -0.489 e. The lowest BCUT2D eigenvalue weighted by molar-refractivity contribution is -0.140. The van der Waals surface area contributed by atoms with Crippen molar-refractivity contribution in [3.05, 3.63) is 23.8 Å². The number of carboxylic acid groups (broad SMARTS) is 1. The highest BCUT2D eigenvalue weighted by atomic mass is 32.2. The van der Waals surface area contributed by atoms with Crippen LogP contribution in [-0.2, 0) is 14.8 Å². The van der Waals surface area contributed by atoms with Gasteiger partial charge in [-0.25, -0.2) is 17.2 Å². The van der Waals surface area contributed by atoms with Crippen LogP contribution in [0.3, 0.4) is 0 Å². The normalized spacial score (nSPS) is 27.7. The number of aliphatic carboxylic acids is 1. The molecule has 4 rings (SSSR count). The first-order valence-corrected chi connectivity index (χ1v) is 14.6. The van der Waals surface area contributed by atoms with E-state index < -0.39 is 28.0 Å². The molecule has 3 atom stereocenters.